The van der Waals surface area contributed by atoms with Gasteiger partial charge in [-0.15, -0.1) is 0 Å². The normalized spacial score (nSPS) is 22.0. The minimum atomic E-state index is -4.48. The number of pyridine rings is 2. The molecule has 2 bridgehead atoms. The van der Waals surface area contributed by atoms with Crippen molar-refractivity contribution in [2.45, 2.75) is 37.6 Å². The van der Waals surface area contributed by atoms with Gasteiger partial charge in [-0.3, -0.25) is 9.78 Å². The highest BCUT2D eigenvalue weighted by Gasteiger charge is 2.45. The quantitative estimate of drug-likeness (QED) is 0.530. The van der Waals surface area contributed by atoms with Gasteiger partial charge in [-0.2, -0.15) is 13.2 Å². The van der Waals surface area contributed by atoms with Gasteiger partial charge in [-0.25, -0.2) is 19.3 Å². The largest absolute Gasteiger partial charge is 0.472 e. The van der Waals surface area contributed by atoms with E-state index in [1.54, 1.807) is 17.0 Å². The van der Waals surface area contributed by atoms with Crippen LogP contribution < -0.4 is 4.74 Å². The Kier molecular flexibility index (Phi) is 5.62. The zero-order valence-electron chi connectivity index (χ0n) is 17.7. The monoisotopic (exact) mass is 473 g/mol. The predicted molar refractivity (Wildman–Crippen MR) is 111 cm³/mol. The number of hydrogen-bond acceptors (Lipinski definition) is 6. The summed E-state index contributed by atoms with van der Waals surface area (Å²) in [6.07, 6.45) is 1.69. The van der Waals surface area contributed by atoms with Crippen molar-refractivity contribution >= 4 is 5.91 Å². The van der Waals surface area contributed by atoms with Crippen LogP contribution in [0.5, 0.6) is 5.88 Å². The van der Waals surface area contributed by atoms with Gasteiger partial charge >= 0.3 is 6.18 Å². The summed E-state index contributed by atoms with van der Waals surface area (Å²) in [5, 5.41) is 0. The minimum Gasteiger partial charge on any atom is -0.472 e. The summed E-state index contributed by atoms with van der Waals surface area (Å²) >= 11 is 0. The molecule has 0 radical (unpaired) electrons. The van der Waals surface area contributed by atoms with Gasteiger partial charge in [0.15, 0.2) is 11.6 Å². The number of amides is 1. The molecule has 5 heterocycles. The molecule has 2 aliphatic heterocycles. The molecule has 34 heavy (non-hydrogen) atoms. The molecule has 6 rings (SSSR count). The highest BCUT2D eigenvalue weighted by Crippen LogP contribution is 2.38. The van der Waals surface area contributed by atoms with E-state index in [1.165, 1.54) is 12.3 Å². The molecule has 0 spiro atoms. The first-order chi connectivity index (χ1) is 16.3. The van der Waals surface area contributed by atoms with E-state index in [0.29, 0.717) is 19.4 Å². The van der Waals surface area contributed by atoms with E-state index in [1.807, 2.05) is 0 Å². The van der Waals surface area contributed by atoms with E-state index < -0.39 is 23.7 Å². The topological polar surface area (TPSA) is 81.1 Å². The van der Waals surface area contributed by atoms with Crippen molar-refractivity contribution in [2.24, 2.45) is 5.92 Å². The van der Waals surface area contributed by atoms with Crippen LogP contribution in [-0.2, 0) is 6.18 Å². The van der Waals surface area contributed by atoms with Crippen LogP contribution in [0.2, 0.25) is 0 Å². The van der Waals surface area contributed by atoms with Gasteiger partial charge in [0.25, 0.3) is 5.91 Å². The van der Waals surface area contributed by atoms with Crippen LogP contribution in [0.4, 0.5) is 17.6 Å². The van der Waals surface area contributed by atoms with Gasteiger partial charge in [0.05, 0.1) is 29.6 Å². The zero-order chi connectivity index (χ0) is 23.9. The van der Waals surface area contributed by atoms with Crippen LogP contribution in [0.1, 0.15) is 35.2 Å². The lowest BCUT2D eigenvalue weighted by molar-refractivity contribution is -0.137. The van der Waals surface area contributed by atoms with E-state index in [2.05, 4.69) is 19.9 Å². The maximum absolute atomic E-state index is 13.6. The molecule has 7 nitrogen and oxygen atoms in total. The van der Waals surface area contributed by atoms with E-state index >= 15 is 0 Å². The molecule has 1 saturated carbocycles. The Morgan fingerprint density at radius 1 is 1.03 bits per heavy atom. The van der Waals surface area contributed by atoms with Gasteiger partial charge in [0.2, 0.25) is 5.88 Å². The van der Waals surface area contributed by atoms with Crippen LogP contribution in [0, 0.1) is 11.7 Å². The SMILES string of the molecule is O=C(c1cccnc1-c1ncc(F)cn1)N1C[C@H]2CC[C@H]1[C@H](Oc1ccc(C(F)(F)F)cn1)C2. The number of rotatable bonds is 4. The Balaban J connectivity index is 1.38. The number of nitrogens with zero attached hydrogens (tertiary/aromatic N) is 5. The number of piperidine rings is 2. The predicted octanol–water partition coefficient (Wildman–Crippen LogP) is 4.16. The number of carbonyl (C=O) groups is 1. The van der Waals surface area contributed by atoms with Crippen LogP contribution in [0.3, 0.4) is 0 Å². The lowest BCUT2D eigenvalue weighted by atomic mass is 9.77. The van der Waals surface area contributed by atoms with Gasteiger partial charge in [-0.05, 0) is 43.4 Å². The highest BCUT2D eigenvalue weighted by atomic mass is 19.4. The van der Waals surface area contributed by atoms with Gasteiger partial charge in [-0.1, -0.05) is 0 Å². The fourth-order valence-electron chi connectivity index (χ4n) is 4.61. The van der Waals surface area contributed by atoms with Crippen LogP contribution in [0.25, 0.3) is 11.5 Å². The third-order valence-corrected chi connectivity index (χ3v) is 6.19. The van der Waals surface area contributed by atoms with Gasteiger partial charge < -0.3 is 9.64 Å². The number of carbonyl (C=O) groups excluding carboxylic acids is 1. The Labute approximate surface area is 191 Å². The molecule has 11 heteroatoms. The maximum atomic E-state index is 13.6. The molecule has 1 aliphatic carbocycles. The number of ether oxygens (including phenoxy) is 1. The number of hydrogen-bond donors (Lipinski definition) is 0. The molecule has 0 aromatic carbocycles. The molecular weight excluding hydrogens is 454 g/mol. The molecule has 3 aromatic rings. The molecule has 3 aliphatic rings. The Bertz CT molecular complexity index is 1190. The van der Waals surface area contributed by atoms with Crippen LogP contribution in [0.15, 0.2) is 49.1 Å². The van der Waals surface area contributed by atoms with E-state index in [4.69, 9.17) is 4.74 Å². The second-order valence-corrected chi connectivity index (χ2v) is 8.37. The first-order valence-corrected chi connectivity index (χ1v) is 10.7. The Morgan fingerprint density at radius 3 is 2.50 bits per heavy atom. The fourth-order valence-corrected chi connectivity index (χ4v) is 4.61. The molecule has 0 N–H and O–H groups in total. The molecule has 3 atom stereocenters. The third kappa shape index (κ3) is 4.29. The van der Waals surface area contributed by atoms with Crippen LogP contribution in [-0.4, -0.2) is 49.4 Å². The lowest BCUT2D eigenvalue weighted by Gasteiger charge is -2.49. The summed E-state index contributed by atoms with van der Waals surface area (Å²) in [6.45, 7) is 0.530. The average molecular weight is 473 g/mol. The van der Waals surface area contributed by atoms with Crippen molar-refractivity contribution < 1.29 is 27.1 Å². The molecule has 3 fully saturated rings. The van der Waals surface area contributed by atoms with E-state index in [9.17, 15) is 22.4 Å². The summed E-state index contributed by atoms with van der Waals surface area (Å²) in [5.74, 6) is -0.471. The van der Waals surface area contributed by atoms with E-state index in [-0.39, 0.29) is 40.8 Å². The number of aromatic nitrogens is 4. The van der Waals surface area contributed by atoms with Crippen molar-refractivity contribution in [3.63, 3.8) is 0 Å². The lowest BCUT2D eigenvalue weighted by Crippen LogP contribution is -2.59. The smallest absolute Gasteiger partial charge is 0.417 e. The standard InChI is InChI=1S/C23H19F4N5O2/c24-15-10-30-21(31-11-15)20-16(2-1-7-28-20)22(33)32-12-13-3-5-17(32)18(8-13)34-19-6-4-14(9-29-19)23(25,26)27/h1-2,4,6-7,9-11,13,17-18H,3,5,8,12H2/t13-,17-,18+/m0/s1. The molecule has 3 aromatic heterocycles. The van der Waals surface area contributed by atoms with Crippen molar-refractivity contribution in [3.8, 4) is 17.4 Å². The third-order valence-electron chi connectivity index (χ3n) is 6.19. The molecule has 2 saturated heterocycles. The summed E-state index contributed by atoms with van der Waals surface area (Å²) in [6, 6.07) is 5.10. The maximum Gasteiger partial charge on any atom is 0.417 e. The average Bonchev–Trinajstić information content (AvgIpc) is 2.84. The minimum absolute atomic E-state index is 0.0831. The molecule has 176 valence electrons. The highest BCUT2D eigenvalue weighted by molar-refractivity contribution is 5.99. The number of halogens is 4. The van der Waals surface area contributed by atoms with Crippen molar-refractivity contribution in [2.75, 3.05) is 6.54 Å². The fraction of sp³-hybridized carbons (Fsp3) is 0.348. The summed E-state index contributed by atoms with van der Waals surface area (Å²) in [7, 11) is 0. The summed E-state index contributed by atoms with van der Waals surface area (Å²) in [4.78, 5) is 31.2. The number of fused-ring (bicyclic) bond motifs is 3. The van der Waals surface area contributed by atoms with Gasteiger partial charge in [0.1, 0.15) is 11.8 Å². The zero-order valence-corrected chi connectivity index (χ0v) is 17.7. The second kappa shape index (κ2) is 8.62. The van der Waals surface area contributed by atoms with Crippen molar-refractivity contribution in [1.29, 1.82) is 0 Å². The summed E-state index contributed by atoms with van der Waals surface area (Å²) in [5.41, 5.74) is -0.321. The Morgan fingerprint density at radius 2 is 1.82 bits per heavy atom. The van der Waals surface area contributed by atoms with Crippen molar-refractivity contribution in [1.82, 2.24) is 24.8 Å². The van der Waals surface area contributed by atoms with E-state index in [0.717, 1.165) is 31.1 Å². The number of alkyl halides is 3. The van der Waals surface area contributed by atoms with Gasteiger partial charge in [0, 0.05) is 25.0 Å². The Hall–Kier alpha value is -3.63. The molecule has 1 amide bonds. The summed E-state index contributed by atoms with van der Waals surface area (Å²) < 4.78 is 57.7. The molecule has 0 unspecified atom stereocenters. The first kappa shape index (κ1) is 22.2. The van der Waals surface area contributed by atoms with Crippen molar-refractivity contribution in [3.05, 3.63) is 66.0 Å². The van der Waals surface area contributed by atoms with Crippen LogP contribution >= 0.6 is 0 Å². The second-order valence-electron chi connectivity index (χ2n) is 8.37. The first-order valence-electron chi connectivity index (χ1n) is 10.7. The molecular formula is C23H19F4N5O2.